The highest BCUT2D eigenvalue weighted by Crippen LogP contribution is 2.02. The molecule has 0 radical (unpaired) electrons. The second-order valence-electron chi connectivity index (χ2n) is 6.10. The maximum Gasteiger partial charge on any atom is 0.328 e. The highest BCUT2D eigenvalue weighted by Gasteiger charge is 2.30. The smallest absolute Gasteiger partial charge is 0.328 e. The molecule has 0 aliphatic heterocycles. The number of aliphatic hydroxyl groups excluding tert-OH is 1. The summed E-state index contributed by atoms with van der Waals surface area (Å²) < 4.78 is 0. The predicted molar refractivity (Wildman–Crippen MR) is 94.8 cm³/mol. The summed E-state index contributed by atoms with van der Waals surface area (Å²) in [6, 6.07) is -5.75. The quantitative estimate of drug-likeness (QED) is 0.142. The van der Waals surface area contributed by atoms with Gasteiger partial charge in [-0.25, -0.2) is 4.79 Å². The third-order valence-electron chi connectivity index (χ3n) is 3.53. The van der Waals surface area contributed by atoms with Gasteiger partial charge in [0.1, 0.15) is 18.1 Å². The molecule has 29 heavy (non-hydrogen) atoms. The van der Waals surface area contributed by atoms with Crippen molar-refractivity contribution in [3.05, 3.63) is 0 Å². The second kappa shape index (κ2) is 12.2. The normalized spacial score (nSPS) is 14.6. The van der Waals surface area contributed by atoms with Gasteiger partial charge in [0.05, 0.1) is 19.1 Å². The Kier molecular flexibility index (Phi) is 10.9. The van der Waals surface area contributed by atoms with Crippen LogP contribution in [-0.2, 0) is 28.8 Å². The number of carboxylic acids is 2. The minimum absolute atomic E-state index is 0.435. The van der Waals surface area contributed by atoms with Crippen molar-refractivity contribution in [1.29, 1.82) is 0 Å². The lowest BCUT2D eigenvalue weighted by Crippen LogP contribution is -2.57. The monoisotopic (exact) mass is 419 g/mol. The summed E-state index contributed by atoms with van der Waals surface area (Å²) in [5, 5.41) is 32.9. The maximum atomic E-state index is 12.4. The number of hydrogen-bond acceptors (Lipinski definition) is 8. The summed E-state index contributed by atoms with van der Waals surface area (Å²) in [6.07, 6.45) is -1.64. The van der Waals surface area contributed by atoms with E-state index in [2.05, 4.69) is 10.6 Å². The van der Waals surface area contributed by atoms with Crippen molar-refractivity contribution in [3.8, 4) is 0 Å². The van der Waals surface area contributed by atoms with Crippen molar-refractivity contribution >= 4 is 35.6 Å². The zero-order valence-corrected chi connectivity index (χ0v) is 15.6. The summed E-state index contributed by atoms with van der Waals surface area (Å²) >= 11 is 0. The molecule has 0 unspecified atom stereocenters. The average molecular weight is 419 g/mol. The number of carboxylic acid groups (broad SMARTS) is 2. The molecule has 0 saturated heterocycles. The second-order valence-corrected chi connectivity index (χ2v) is 6.10. The van der Waals surface area contributed by atoms with Gasteiger partial charge in [0.2, 0.25) is 23.6 Å². The molecule has 0 aromatic heterocycles. The Morgan fingerprint density at radius 2 is 1.34 bits per heavy atom. The van der Waals surface area contributed by atoms with Gasteiger partial charge in [-0.3, -0.25) is 24.0 Å². The van der Waals surface area contributed by atoms with Crippen LogP contribution in [-0.4, -0.2) is 81.7 Å². The van der Waals surface area contributed by atoms with E-state index in [0.717, 1.165) is 0 Å². The van der Waals surface area contributed by atoms with Crippen LogP contribution in [0.3, 0.4) is 0 Å². The number of carbonyl (C=O) groups is 6. The molecule has 14 heteroatoms. The summed E-state index contributed by atoms with van der Waals surface area (Å²) in [4.78, 5) is 69.3. The van der Waals surface area contributed by atoms with Gasteiger partial charge in [-0.15, -0.1) is 0 Å². The first-order valence-corrected chi connectivity index (χ1v) is 8.39. The number of carbonyl (C=O) groups excluding carboxylic acids is 4. The summed E-state index contributed by atoms with van der Waals surface area (Å²) in [5.41, 5.74) is 10.4. The summed E-state index contributed by atoms with van der Waals surface area (Å²) in [6.45, 7) is 0.369. The van der Waals surface area contributed by atoms with Crippen molar-refractivity contribution < 1.29 is 44.1 Å². The van der Waals surface area contributed by atoms with E-state index in [1.165, 1.54) is 6.92 Å². The molecule has 0 aliphatic carbocycles. The van der Waals surface area contributed by atoms with Crippen LogP contribution in [0.2, 0.25) is 0 Å². The number of hydrogen-bond donors (Lipinski definition) is 8. The third kappa shape index (κ3) is 10.0. The largest absolute Gasteiger partial charge is 0.481 e. The SMILES string of the molecule is C[C@H](N)C(=O)N[C@@H](CC(N)=O)C(=O)N[C@@H](CCC(=O)O)C(=O)N[C@@H](CO)C(=O)O. The number of aliphatic hydroxyl groups is 1. The highest BCUT2D eigenvalue weighted by molar-refractivity contribution is 5.96. The summed E-state index contributed by atoms with van der Waals surface area (Å²) in [7, 11) is 0. The molecule has 0 aromatic rings. The van der Waals surface area contributed by atoms with Crippen LogP contribution in [0.25, 0.3) is 0 Å². The molecule has 0 rings (SSSR count). The van der Waals surface area contributed by atoms with Gasteiger partial charge in [0.15, 0.2) is 0 Å². The van der Waals surface area contributed by atoms with Gasteiger partial charge in [-0.1, -0.05) is 0 Å². The molecule has 4 amide bonds. The van der Waals surface area contributed by atoms with Crippen LogP contribution < -0.4 is 27.4 Å². The lowest BCUT2D eigenvalue weighted by atomic mass is 10.1. The Bertz CT molecular complexity index is 652. The molecule has 0 aliphatic rings. The van der Waals surface area contributed by atoms with Gasteiger partial charge in [-0.2, -0.15) is 0 Å². The average Bonchev–Trinajstić information content (AvgIpc) is 2.60. The van der Waals surface area contributed by atoms with E-state index in [1.54, 1.807) is 0 Å². The van der Waals surface area contributed by atoms with Crippen molar-refractivity contribution in [1.82, 2.24) is 16.0 Å². The van der Waals surface area contributed by atoms with Crippen molar-refractivity contribution in [2.24, 2.45) is 11.5 Å². The number of nitrogens with two attached hydrogens (primary N) is 2. The lowest BCUT2D eigenvalue weighted by molar-refractivity contribution is -0.144. The first-order valence-electron chi connectivity index (χ1n) is 8.39. The molecule has 0 fully saturated rings. The fourth-order valence-electron chi connectivity index (χ4n) is 1.98. The first-order chi connectivity index (χ1) is 13.4. The van der Waals surface area contributed by atoms with E-state index in [9.17, 15) is 28.8 Å². The molecule has 0 spiro atoms. The van der Waals surface area contributed by atoms with Crippen LogP contribution >= 0.6 is 0 Å². The van der Waals surface area contributed by atoms with Crippen molar-refractivity contribution in [2.45, 2.75) is 50.4 Å². The molecule has 0 saturated carbocycles. The Hall–Kier alpha value is -3.26. The minimum atomic E-state index is -1.69. The van der Waals surface area contributed by atoms with Crippen LogP contribution in [0.1, 0.15) is 26.2 Å². The van der Waals surface area contributed by atoms with E-state index in [4.69, 9.17) is 26.8 Å². The van der Waals surface area contributed by atoms with Crippen LogP contribution in [0, 0.1) is 0 Å². The van der Waals surface area contributed by atoms with Crippen molar-refractivity contribution in [2.75, 3.05) is 6.61 Å². The van der Waals surface area contributed by atoms with Crippen molar-refractivity contribution in [3.63, 3.8) is 0 Å². The molecule has 4 atom stereocenters. The van der Waals surface area contributed by atoms with Gasteiger partial charge in [-0.05, 0) is 13.3 Å². The standard InChI is InChI=1S/C15H25N5O9/c1-6(16)12(25)19-8(4-10(17)22)14(27)18-7(2-3-11(23)24)13(26)20-9(5-21)15(28)29/h6-9,21H,2-5,16H2,1H3,(H2,17,22)(H,18,27)(H,19,25)(H,20,26)(H,23,24)(H,28,29)/t6-,7-,8-,9-/m0/s1. The lowest BCUT2D eigenvalue weighted by Gasteiger charge is -2.23. The maximum absolute atomic E-state index is 12.4. The Morgan fingerprint density at radius 1 is 0.862 bits per heavy atom. The third-order valence-corrected chi connectivity index (χ3v) is 3.53. The molecule has 164 valence electrons. The number of amides is 4. The van der Waals surface area contributed by atoms with E-state index in [0.29, 0.717) is 0 Å². The van der Waals surface area contributed by atoms with Gasteiger partial charge < -0.3 is 42.7 Å². The van der Waals surface area contributed by atoms with Crippen LogP contribution in [0.4, 0.5) is 0 Å². The minimum Gasteiger partial charge on any atom is -0.481 e. The van der Waals surface area contributed by atoms with E-state index < -0.39 is 85.6 Å². The molecule has 0 bridgehead atoms. The van der Waals surface area contributed by atoms with Crippen LogP contribution in [0.5, 0.6) is 0 Å². The molecule has 0 heterocycles. The fraction of sp³-hybridized carbons (Fsp3) is 0.600. The van der Waals surface area contributed by atoms with Gasteiger partial charge in [0.25, 0.3) is 0 Å². The molecule has 10 N–H and O–H groups in total. The molecular weight excluding hydrogens is 394 g/mol. The number of nitrogens with one attached hydrogen (secondary N) is 3. The molecule has 14 nitrogen and oxygen atoms in total. The number of rotatable bonds is 13. The zero-order chi connectivity index (χ0) is 22.7. The number of aliphatic carboxylic acids is 2. The predicted octanol–water partition coefficient (Wildman–Crippen LogP) is -4.39. The van der Waals surface area contributed by atoms with Gasteiger partial charge in [0, 0.05) is 6.42 Å². The Morgan fingerprint density at radius 3 is 1.76 bits per heavy atom. The fourth-order valence-corrected chi connectivity index (χ4v) is 1.98. The summed E-state index contributed by atoms with van der Waals surface area (Å²) in [5.74, 6) is -6.72. The van der Waals surface area contributed by atoms with E-state index in [1.807, 2.05) is 5.32 Å². The van der Waals surface area contributed by atoms with Gasteiger partial charge >= 0.3 is 11.9 Å². The van der Waals surface area contributed by atoms with Crippen LogP contribution in [0.15, 0.2) is 0 Å². The Balaban J connectivity index is 5.42. The Labute approximate surface area is 165 Å². The first kappa shape index (κ1) is 25.7. The number of primary amides is 1. The molecular formula is C15H25N5O9. The zero-order valence-electron chi connectivity index (χ0n) is 15.6. The topological polar surface area (TPSA) is 251 Å². The van der Waals surface area contributed by atoms with E-state index >= 15 is 0 Å². The van der Waals surface area contributed by atoms with E-state index in [-0.39, 0.29) is 0 Å². The molecule has 0 aromatic carbocycles. The highest BCUT2D eigenvalue weighted by atomic mass is 16.4.